The van der Waals surface area contributed by atoms with Crippen LogP contribution in [0, 0.1) is 11.8 Å². The Morgan fingerprint density at radius 3 is 2.69 bits per heavy atom. The first kappa shape index (κ1) is 19.9. The summed E-state index contributed by atoms with van der Waals surface area (Å²) >= 11 is 5.30. The molecule has 146 valence electrons. The fourth-order valence-electron chi connectivity index (χ4n) is 4.74. The molecule has 7 nitrogen and oxygen atoms in total. The van der Waals surface area contributed by atoms with Crippen molar-refractivity contribution in [3.05, 3.63) is 0 Å². The summed E-state index contributed by atoms with van der Waals surface area (Å²) in [7, 11) is 1.58. The van der Waals surface area contributed by atoms with E-state index in [0.717, 1.165) is 0 Å². The fraction of sp³-hybridized carbons (Fsp3) is 0.824. The van der Waals surface area contributed by atoms with Crippen molar-refractivity contribution in [2.75, 3.05) is 20.2 Å². The number of carbonyl (C=O) groups excluding carboxylic acids is 3. The van der Waals surface area contributed by atoms with E-state index in [1.54, 1.807) is 23.7 Å². The second kappa shape index (κ2) is 7.31. The van der Waals surface area contributed by atoms with Gasteiger partial charge in [-0.1, -0.05) is 15.9 Å². The molecule has 3 saturated heterocycles. The van der Waals surface area contributed by atoms with E-state index in [9.17, 15) is 19.5 Å². The molecular formula is C17H26BrN3O4S. The first-order valence-electron chi connectivity index (χ1n) is 9.03. The van der Waals surface area contributed by atoms with Gasteiger partial charge in [0.05, 0.1) is 16.6 Å². The van der Waals surface area contributed by atoms with Crippen molar-refractivity contribution in [2.45, 2.75) is 53.6 Å². The second-order valence-corrected chi connectivity index (χ2v) is 10.3. The van der Waals surface area contributed by atoms with Crippen molar-refractivity contribution < 1.29 is 19.5 Å². The number of rotatable bonds is 6. The number of alkyl halides is 1. The smallest absolute Gasteiger partial charge is 0.244 e. The Morgan fingerprint density at radius 1 is 1.42 bits per heavy atom. The maximum Gasteiger partial charge on any atom is 0.244 e. The van der Waals surface area contributed by atoms with Crippen molar-refractivity contribution in [1.82, 2.24) is 15.5 Å². The minimum absolute atomic E-state index is 0.0155. The number of amides is 3. The number of nitrogens with zero attached hydrogens (tertiary/aromatic N) is 1. The predicted molar refractivity (Wildman–Crippen MR) is 103 cm³/mol. The Kier molecular flexibility index (Phi) is 5.61. The molecule has 3 N–H and O–H groups in total. The van der Waals surface area contributed by atoms with E-state index in [0.29, 0.717) is 19.4 Å². The van der Waals surface area contributed by atoms with Gasteiger partial charge in [-0.25, -0.2) is 0 Å². The number of carbonyl (C=O) groups is 3. The second-order valence-electron chi connectivity index (χ2n) is 7.55. The molecule has 1 spiro atoms. The number of likely N-dealkylation sites (tertiary alicyclic amines) is 1. The number of thioether (sulfide) groups is 1. The van der Waals surface area contributed by atoms with Crippen LogP contribution in [-0.2, 0) is 14.4 Å². The van der Waals surface area contributed by atoms with Crippen LogP contribution in [0.5, 0.6) is 0 Å². The van der Waals surface area contributed by atoms with E-state index < -0.39 is 22.6 Å². The zero-order valence-corrected chi connectivity index (χ0v) is 17.6. The summed E-state index contributed by atoms with van der Waals surface area (Å²) in [5, 5.41) is 14.8. The molecule has 9 heteroatoms. The van der Waals surface area contributed by atoms with Crippen LogP contribution < -0.4 is 10.6 Å². The van der Waals surface area contributed by atoms with Gasteiger partial charge in [0.15, 0.2) is 0 Å². The van der Waals surface area contributed by atoms with Crippen LogP contribution in [-0.4, -0.2) is 74.8 Å². The molecule has 6 atom stereocenters. The number of hydrogen-bond donors (Lipinski definition) is 3. The summed E-state index contributed by atoms with van der Waals surface area (Å²) in [5.41, 5.74) is 0. The Hall–Kier alpha value is -0.800. The largest absolute Gasteiger partial charge is 0.396 e. The Bertz CT molecular complexity index is 619. The van der Waals surface area contributed by atoms with E-state index in [-0.39, 0.29) is 40.4 Å². The summed E-state index contributed by atoms with van der Waals surface area (Å²) in [6, 6.07) is -0.649. The lowest BCUT2D eigenvalue weighted by Gasteiger charge is -2.35. The standard InChI is InChI=1S/C17H26BrN3O4S/c1-8(2)20-15(24)13-17-7-9(18)12(26-17)10(14(23)19-3)11(17)16(25)21(13)5-4-6-22/h8-13,22H,4-7H2,1-3H3,(H,19,23)(H,20,24)/t9?,10-,11-,12-,13?,17?/m0/s1. The van der Waals surface area contributed by atoms with Gasteiger partial charge >= 0.3 is 0 Å². The highest BCUT2D eigenvalue weighted by molar-refractivity contribution is 9.09. The molecule has 3 unspecified atom stereocenters. The van der Waals surface area contributed by atoms with Gasteiger partial charge in [0.1, 0.15) is 6.04 Å². The molecule has 0 aromatic carbocycles. The molecule has 0 aliphatic carbocycles. The first-order valence-corrected chi connectivity index (χ1v) is 10.8. The number of hydrogen-bond acceptors (Lipinski definition) is 5. The van der Waals surface area contributed by atoms with E-state index in [1.807, 2.05) is 13.8 Å². The molecular weight excluding hydrogens is 422 g/mol. The molecule has 0 radical (unpaired) electrons. The Morgan fingerprint density at radius 2 is 2.12 bits per heavy atom. The molecule has 3 amide bonds. The van der Waals surface area contributed by atoms with Gasteiger partial charge in [0, 0.05) is 36.3 Å². The SMILES string of the molecule is CNC(=O)[C@H]1[C@H]2C(=O)N(CCCO)C(C(=O)NC(C)C)C23CC(Br)[C@@H]1S3. The maximum atomic E-state index is 13.3. The molecule has 2 bridgehead atoms. The maximum absolute atomic E-state index is 13.3. The summed E-state index contributed by atoms with van der Waals surface area (Å²) < 4.78 is -0.596. The highest BCUT2D eigenvalue weighted by Gasteiger charge is 2.75. The quantitative estimate of drug-likeness (QED) is 0.501. The van der Waals surface area contributed by atoms with Crippen LogP contribution in [0.25, 0.3) is 0 Å². The average molecular weight is 448 g/mol. The van der Waals surface area contributed by atoms with Crippen molar-refractivity contribution in [3.63, 3.8) is 0 Å². The average Bonchev–Trinajstić information content (AvgIpc) is 3.15. The van der Waals surface area contributed by atoms with Gasteiger partial charge in [0.2, 0.25) is 17.7 Å². The molecule has 3 rings (SSSR count). The zero-order valence-electron chi connectivity index (χ0n) is 15.2. The topological polar surface area (TPSA) is 98.7 Å². The van der Waals surface area contributed by atoms with E-state index in [2.05, 4.69) is 26.6 Å². The first-order chi connectivity index (χ1) is 12.3. The van der Waals surface area contributed by atoms with Crippen LogP contribution in [0.15, 0.2) is 0 Å². The number of fused-ring (bicyclic) bond motifs is 1. The number of halogens is 1. The van der Waals surface area contributed by atoms with Crippen molar-refractivity contribution >= 4 is 45.4 Å². The van der Waals surface area contributed by atoms with Crippen molar-refractivity contribution in [1.29, 1.82) is 0 Å². The summed E-state index contributed by atoms with van der Waals surface area (Å²) in [5.74, 6) is -1.37. The van der Waals surface area contributed by atoms with Crippen molar-refractivity contribution in [2.24, 2.45) is 11.8 Å². The van der Waals surface area contributed by atoms with Crippen LogP contribution in [0.3, 0.4) is 0 Å². The number of aliphatic hydroxyl groups excluding tert-OH is 1. The monoisotopic (exact) mass is 447 g/mol. The molecule has 3 aliphatic heterocycles. The summed E-state index contributed by atoms with van der Waals surface area (Å²) in [6.07, 6.45) is 1.09. The lowest BCUT2D eigenvalue weighted by atomic mass is 9.70. The minimum Gasteiger partial charge on any atom is -0.396 e. The highest BCUT2D eigenvalue weighted by atomic mass is 79.9. The van der Waals surface area contributed by atoms with Crippen LogP contribution >= 0.6 is 27.7 Å². The fourth-order valence-corrected chi connectivity index (χ4v) is 8.35. The molecule has 0 aromatic heterocycles. The zero-order chi connectivity index (χ0) is 19.2. The molecule has 0 aromatic rings. The van der Waals surface area contributed by atoms with E-state index in [1.165, 1.54) is 0 Å². The van der Waals surface area contributed by atoms with Crippen LogP contribution in [0.1, 0.15) is 26.7 Å². The van der Waals surface area contributed by atoms with E-state index >= 15 is 0 Å². The third-order valence-electron chi connectivity index (χ3n) is 5.57. The van der Waals surface area contributed by atoms with Gasteiger partial charge in [-0.3, -0.25) is 14.4 Å². The normalized spacial score (nSPS) is 38.0. The molecule has 3 aliphatic rings. The number of nitrogens with one attached hydrogen (secondary N) is 2. The third-order valence-corrected chi connectivity index (χ3v) is 8.79. The third kappa shape index (κ3) is 2.86. The van der Waals surface area contributed by atoms with Gasteiger partial charge in [-0.05, 0) is 26.7 Å². The van der Waals surface area contributed by atoms with Gasteiger partial charge in [0.25, 0.3) is 0 Å². The van der Waals surface area contributed by atoms with Crippen molar-refractivity contribution in [3.8, 4) is 0 Å². The molecule has 0 saturated carbocycles. The van der Waals surface area contributed by atoms with Gasteiger partial charge in [-0.15, -0.1) is 11.8 Å². The van der Waals surface area contributed by atoms with Crippen LogP contribution in [0.2, 0.25) is 0 Å². The Balaban J connectivity index is 2.02. The highest BCUT2D eigenvalue weighted by Crippen LogP contribution is 2.67. The predicted octanol–water partition coefficient (Wildman–Crippen LogP) is 0.104. The van der Waals surface area contributed by atoms with Crippen LogP contribution in [0.4, 0.5) is 0 Å². The molecule has 3 heterocycles. The van der Waals surface area contributed by atoms with Gasteiger partial charge < -0.3 is 20.6 Å². The number of aliphatic hydroxyl groups is 1. The summed E-state index contributed by atoms with van der Waals surface area (Å²) in [4.78, 5) is 40.6. The lowest BCUT2D eigenvalue weighted by Crippen LogP contribution is -2.55. The van der Waals surface area contributed by atoms with Gasteiger partial charge in [-0.2, -0.15) is 0 Å². The molecule has 3 fully saturated rings. The summed E-state index contributed by atoms with van der Waals surface area (Å²) in [6.45, 7) is 4.06. The molecule has 26 heavy (non-hydrogen) atoms. The van der Waals surface area contributed by atoms with E-state index in [4.69, 9.17) is 0 Å². The Labute approximate surface area is 166 Å². The lowest BCUT2D eigenvalue weighted by molar-refractivity contribution is -0.140. The minimum atomic E-state index is -0.612.